The van der Waals surface area contributed by atoms with Crippen molar-refractivity contribution in [2.75, 3.05) is 20.2 Å². The van der Waals surface area contributed by atoms with Crippen LogP contribution in [0.5, 0.6) is 5.88 Å². The van der Waals surface area contributed by atoms with E-state index in [2.05, 4.69) is 15.3 Å². The molecule has 1 amide bonds. The lowest BCUT2D eigenvalue weighted by molar-refractivity contribution is 0.0706. The summed E-state index contributed by atoms with van der Waals surface area (Å²) in [7, 11) is 3.43. The van der Waals surface area contributed by atoms with Crippen molar-refractivity contribution in [3.8, 4) is 17.3 Å². The van der Waals surface area contributed by atoms with Gasteiger partial charge >= 0.3 is 0 Å². The molecule has 9 heteroatoms. The molecule has 0 N–H and O–H groups in total. The molecule has 9 nitrogen and oxygen atoms in total. The number of carbonyl (C=O) groups is 1. The number of amides is 1. The summed E-state index contributed by atoms with van der Waals surface area (Å²) >= 11 is 0. The molecule has 0 radical (unpaired) electrons. The number of aryl methyl sites for hydroxylation is 1. The van der Waals surface area contributed by atoms with Gasteiger partial charge in [-0.3, -0.25) is 4.79 Å². The SMILES string of the molecule is COc1c2ccc(C(=O)N3CCC(c4nnc(-c5ccoc5)o4)CC3)cc2nn1C. The highest BCUT2D eigenvalue weighted by atomic mass is 16.5. The third-order valence-electron chi connectivity index (χ3n) is 5.56. The quantitative estimate of drug-likeness (QED) is 0.512. The first kappa shape index (κ1) is 18.4. The summed E-state index contributed by atoms with van der Waals surface area (Å²) in [6.07, 6.45) is 4.70. The van der Waals surface area contributed by atoms with Gasteiger partial charge in [-0.25, -0.2) is 4.68 Å². The summed E-state index contributed by atoms with van der Waals surface area (Å²) in [5, 5.41) is 13.6. The molecule has 1 aliphatic heterocycles. The Kier molecular flexibility index (Phi) is 4.50. The molecule has 4 heterocycles. The Morgan fingerprint density at radius 2 is 2.03 bits per heavy atom. The van der Waals surface area contributed by atoms with Gasteiger partial charge in [0.1, 0.15) is 6.26 Å². The van der Waals surface area contributed by atoms with E-state index in [9.17, 15) is 4.79 Å². The van der Waals surface area contributed by atoms with Crippen molar-refractivity contribution in [2.45, 2.75) is 18.8 Å². The molecule has 1 aliphatic rings. The molecule has 30 heavy (non-hydrogen) atoms. The van der Waals surface area contributed by atoms with Gasteiger partial charge < -0.3 is 18.5 Å². The van der Waals surface area contributed by atoms with Crippen LogP contribution in [0.4, 0.5) is 0 Å². The molecular weight excluding hydrogens is 386 g/mol. The van der Waals surface area contributed by atoms with Crippen molar-refractivity contribution < 1.29 is 18.4 Å². The predicted molar refractivity (Wildman–Crippen MR) is 107 cm³/mol. The maximum absolute atomic E-state index is 13.0. The number of furan rings is 1. The molecule has 5 rings (SSSR count). The number of piperidine rings is 1. The Morgan fingerprint density at radius 3 is 2.77 bits per heavy atom. The highest BCUT2D eigenvalue weighted by Gasteiger charge is 2.28. The van der Waals surface area contributed by atoms with E-state index in [1.165, 1.54) is 0 Å². The highest BCUT2D eigenvalue weighted by molar-refractivity contribution is 5.98. The molecule has 0 saturated carbocycles. The lowest BCUT2D eigenvalue weighted by atomic mass is 9.96. The number of ether oxygens (including phenoxy) is 1. The highest BCUT2D eigenvalue weighted by Crippen LogP contribution is 2.31. The van der Waals surface area contributed by atoms with E-state index in [0.717, 1.165) is 29.3 Å². The van der Waals surface area contributed by atoms with E-state index in [-0.39, 0.29) is 11.8 Å². The zero-order valence-electron chi connectivity index (χ0n) is 16.7. The monoisotopic (exact) mass is 407 g/mol. The minimum atomic E-state index is 0.00425. The van der Waals surface area contributed by atoms with Gasteiger partial charge in [-0.2, -0.15) is 5.10 Å². The van der Waals surface area contributed by atoms with Crippen LogP contribution >= 0.6 is 0 Å². The molecule has 3 aromatic heterocycles. The summed E-state index contributed by atoms with van der Waals surface area (Å²) in [6.45, 7) is 1.27. The molecular formula is C21H21N5O4. The van der Waals surface area contributed by atoms with E-state index in [0.29, 0.717) is 36.3 Å². The van der Waals surface area contributed by atoms with Crippen molar-refractivity contribution in [1.82, 2.24) is 24.9 Å². The second kappa shape index (κ2) is 7.33. The van der Waals surface area contributed by atoms with Gasteiger partial charge in [-0.15, -0.1) is 10.2 Å². The molecule has 0 bridgehead atoms. The number of hydrogen-bond acceptors (Lipinski definition) is 7. The molecule has 154 valence electrons. The van der Waals surface area contributed by atoms with Crippen LogP contribution in [-0.4, -0.2) is 51.0 Å². The first-order valence-electron chi connectivity index (χ1n) is 9.80. The van der Waals surface area contributed by atoms with E-state index in [1.807, 2.05) is 30.1 Å². The van der Waals surface area contributed by atoms with Gasteiger partial charge in [0.05, 0.1) is 29.8 Å². The standard InChI is InChI=1S/C21H21N5O4/c1-25-21(28-2)16-4-3-14(11-17(16)24-25)20(27)26-8-5-13(6-9-26)18-22-23-19(30-18)15-7-10-29-12-15/h3-4,7,10-13H,5-6,8-9H2,1-2H3. The topological polar surface area (TPSA) is 99.4 Å². The third kappa shape index (κ3) is 3.12. The van der Waals surface area contributed by atoms with Gasteiger partial charge in [0.25, 0.3) is 11.8 Å². The van der Waals surface area contributed by atoms with Crippen LogP contribution in [0.3, 0.4) is 0 Å². The Labute approximate surface area is 172 Å². The van der Waals surface area contributed by atoms with Crippen molar-refractivity contribution in [3.05, 3.63) is 48.2 Å². The summed E-state index contributed by atoms with van der Waals surface area (Å²) < 4.78 is 17.9. The average molecular weight is 407 g/mol. The summed E-state index contributed by atoms with van der Waals surface area (Å²) in [5.74, 6) is 1.89. The van der Waals surface area contributed by atoms with E-state index in [1.54, 1.807) is 30.4 Å². The zero-order chi connectivity index (χ0) is 20.7. The van der Waals surface area contributed by atoms with Crippen LogP contribution < -0.4 is 4.74 Å². The largest absolute Gasteiger partial charge is 0.481 e. The minimum Gasteiger partial charge on any atom is -0.481 e. The molecule has 0 spiro atoms. The van der Waals surface area contributed by atoms with Crippen molar-refractivity contribution in [2.24, 2.45) is 7.05 Å². The fourth-order valence-electron chi connectivity index (χ4n) is 3.97. The lowest BCUT2D eigenvalue weighted by Crippen LogP contribution is -2.38. The van der Waals surface area contributed by atoms with E-state index in [4.69, 9.17) is 13.6 Å². The Hall–Kier alpha value is -3.62. The molecule has 1 saturated heterocycles. The number of benzene rings is 1. The number of hydrogen-bond donors (Lipinski definition) is 0. The second-order valence-electron chi connectivity index (χ2n) is 7.39. The maximum atomic E-state index is 13.0. The van der Waals surface area contributed by atoms with Crippen LogP contribution in [0, 0.1) is 0 Å². The normalized spacial score (nSPS) is 15.1. The van der Waals surface area contributed by atoms with Crippen molar-refractivity contribution in [3.63, 3.8) is 0 Å². The summed E-state index contributed by atoms with van der Waals surface area (Å²) in [5.41, 5.74) is 2.14. The fraction of sp³-hybridized carbons (Fsp3) is 0.333. The lowest BCUT2D eigenvalue weighted by Gasteiger charge is -2.30. The van der Waals surface area contributed by atoms with Gasteiger partial charge in [0, 0.05) is 31.6 Å². The average Bonchev–Trinajstić information content (AvgIpc) is 3.51. The van der Waals surface area contributed by atoms with Gasteiger partial charge in [-0.05, 0) is 37.1 Å². The van der Waals surface area contributed by atoms with E-state index < -0.39 is 0 Å². The molecule has 0 atom stereocenters. The van der Waals surface area contributed by atoms with Crippen LogP contribution in [-0.2, 0) is 7.05 Å². The molecule has 1 aromatic carbocycles. The number of carbonyl (C=O) groups excluding carboxylic acids is 1. The van der Waals surface area contributed by atoms with Crippen LogP contribution in [0.15, 0.2) is 45.6 Å². The molecule has 4 aromatic rings. The number of fused-ring (bicyclic) bond motifs is 1. The molecule has 0 aliphatic carbocycles. The predicted octanol–water partition coefficient (Wildman–Crippen LogP) is 3.24. The first-order valence-corrected chi connectivity index (χ1v) is 9.80. The number of likely N-dealkylation sites (tertiary alicyclic amines) is 1. The molecule has 1 fully saturated rings. The van der Waals surface area contributed by atoms with Crippen molar-refractivity contribution >= 4 is 16.8 Å². The summed E-state index contributed by atoms with van der Waals surface area (Å²) in [4.78, 5) is 14.9. The number of methoxy groups -OCH3 is 1. The van der Waals surface area contributed by atoms with Gasteiger partial charge in [-0.1, -0.05) is 0 Å². The zero-order valence-corrected chi connectivity index (χ0v) is 16.7. The minimum absolute atomic E-state index is 0.00425. The van der Waals surface area contributed by atoms with Gasteiger partial charge in [0.15, 0.2) is 0 Å². The van der Waals surface area contributed by atoms with Crippen molar-refractivity contribution in [1.29, 1.82) is 0 Å². The number of rotatable bonds is 4. The van der Waals surface area contributed by atoms with E-state index >= 15 is 0 Å². The molecule has 0 unspecified atom stereocenters. The summed E-state index contributed by atoms with van der Waals surface area (Å²) in [6, 6.07) is 7.32. The van der Waals surface area contributed by atoms with Crippen LogP contribution in [0.25, 0.3) is 22.4 Å². The Morgan fingerprint density at radius 1 is 1.20 bits per heavy atom. The van der Waals surface area contributed by atoms with Crippen LogP contribution in [0.1, 0.15) is 35.0 Å². The number of nitrogens with zero attached hydrogens (tertiary/aromatic N) is 5. The first-order chi connectivity index (χ1) is 14.6. The third-order valence-corrected chi connectivity index (χ3v) is 5.56. The number of aromatic nitrogens is 4. The fourth-order valence-corrected chi connectivity index (χ4v) is 3.97. The smallest absolute Gasteiger partial charge is 0.253 e. The maximum Gasteiger partial charge on any atom is 0.253 e. The Balaban J connectivity index is 1.27. The van der Waals surface area contributed by atoms with Gasteiger partial charge in [0.2, 0.25) is 11.8 Å². The second-order valence-corrected chi connectivity index (χ2v) is 7.39. The Bertz CT molecular complexity index is 1190. The van der Waals surface area contributed by atoms with Crippen LogP contribution in [0.2, 0.25) is 0 Å².